The number of aryl methyl sites for hydroxylation is 2. The number of fused-ring (bicyclic) bond motifs is 1. The number of nitrogens with one attached hydrogen (secondary N) is 1. The first-order chi connectivity index (χ1) is 9.70. The van der Waals surface area contributed by atoms with E-state index in [2.05, 4.69) is 40.6 Å². The molecule has 1 N–H and O–H groups in total. The predicted octanol–water partition coefficient (Wildman–Crippen LogP) is 1.82. The van der Waals surface area contributed by atoms with E-state index < -0.39 is 0 Å². The van der Waals surface area contributed by atoms with Gasteiger partial charge in [0, 0.05) is 25.9 Å². The Morgan fingerprint density at radius 2 is 2.25 bits per heavy atom. The van der Waals surface area contributed by atoms with E-state index in [1.165, 1.54) is 11.1 Å². The van der Waals surface area contributed by atoms with Crippen LogP contribution in [0.15, 0.2) is 22.7 Å². The van der Waals surface area contributed by atoms with Crippen LogP contribution in [0.2, 0.25) is 0 Å². The molecule has 1 aromatic carbocycles. The van der Waals surface area contributed by atoms with Gasteiger partial charge in [-0.05, 0) is 25.5 Å². The highest BCUT2D eigenvalue weighted by molar-refractivity contribution is 5.40. The summed E-state index contributed by atoms with van der Waals surface area (Å²) in [5.41, 5.74) is 2.59. The standard InChI is InChI=1S/C15H19N3O2/c1-10-3-4-14-12(7-10)8-13(19-14)9-16-6-5-15-17-11(2)18-20-15/h3-4,7,13,16H,5-6,8-9H2,1-2H3. The summed E-state index contributed by atoms with van der Waals surface area (Å²) in [6.45, 7) is 5.59. The molecule has 1 aliphatic heterocycles. The molecule has 0 amide bonds. The van der Waals surface area contributed by atoms with Crippen LogP contribution in [-0.4, -0.2) is 29.3 Å². The average molecular weight is 273 g/mol. The third kappa shape index (κ3) is 2.99. The third-order valence-electron chi connectivity index (χ3n) is 3.41. The molecule has 0 bridgehead atoms. The Morgan fingerprint density at radius 1 is 1.35 bits per heavy atom. The maximum Gasteiger partial charge on any atom is 0.227 e. The lowest BCUT2D eigenvalue weighted by Gasteiger charge is -2.11. The van der Waals surface area contributed by atoms with Gasteiger partial charge < -0.3 is 14.6 Å². The van der Waals surface area contributed by atoms with Crippen molar-refractivity contribution >= 4 is 0 Å². The van der Waals surface area contributed by atoms with Gasteiger partial charge in [0.2, 0.25) is 5.89 Å². The highest BCUT2D eigenvalue weighted by Gasteiger charge is 2.22. The number of aromatic nitrogens is 2. The zero-order valence-corrected chi connectivity index (χ0v) is 11.8. The Kier molecular flexibility index (Phi) is 3.69. The van der Waals surface area contributed by atoms with Crippen LogP contribution in [0.4, 0.5) is 0 Å². The molecule has 2 aromatic rings. The molecule has 5 nitrogen and oxygen atoms in total. The van der Waals surface area contributed by atoms with E-state index in [-0.39, 0.29) is 6.10 Å². The minimum atomic E-state index is 0.219. The highest BCUT2D eigenvalue weighted by Crippen LogP contribution is 2.29. The summed E-state index contributed by atoms with van der Waals surface area (Å²) in [6.07, 6.45) is 1.94. The van der Waals surface area contributed by atoms with Gasteiger partial charge >= 0.3 is 0 Å². The smallest absolute Gasteiger partial charge is 0.227 e. The SMILES string of the molecule is Cc1ccc2c(c1)CC(CNCCc1nc(C)no1)O2. The largest absolute Gasteiger partial charge is 0.488 e. The van der Waals surface area contributed by atoms with E-state index in [0.29, 0.717) is 11.7 Å². The number of hydrogen-bond donors (Lipinski definition) is 1. The van der Waals surface area contributed by atoms with Crippen molar-refractivity contribution in [2.75, 3.05) is 13.1 Å². The Bertz CT molecular complexity index is 595. The van der Waals surface area contributed by atoms with Gasteiger partial charge in [-0.1, -0.05) is 22.9 Å². The van der Waals surface area contributed by atoms with Crippen LogP contribution in [0.25, 0.3) is 0 Å². The minimum absolute atomic E-state index is 0.219. The van der Waals surface area contributed by atoms with Crippen molar-refractivity contribution in [1.82, 2.24) is 15.5 Å². The number of ether oxygens (including phenoxy) is 1. The topological polar surface area (TPSA) is 60.2 Å². The fraction of sp³-hybridized carbons (Fsp3) is 0.467. The van der Waals surface area contributed by atoms with Crippen molar-refractivity contribution < 1.29 is 9.26 Å². The molecule has 1 unspecified atom stereocenters. The van der Waals surface area contributed by atoms with Crippen molar-refractivity contribution in [3.05, 3.63) is 41.0 Å². The van der Waals surface area contributed by atoms with E-state index in [4.69, 9.17) is 9.26 Å². The van der Waals surface area contributed by atoms with Crippen molar-refractivity contribution in [2.24, 2.45) is 0 Å². The van der Waals surface area contributed by atoms with E-state index >= 15 is 0 Å². The van der Waals surface area contributed by atoms with Gasteiger partial charge in [-0.3, -0.25) is 0 Å². The number of nitrogens with zero attached hydrogens (tertiary/aromatic N) is 2. The molecule has 0 saturated carbocycles. The van der Waals surface area contributed by atoms with Crippen molar-refractivity contribution in [2.45, 2.75) is 32.8 Å². The first-order valence-electron chi connectivity index (χ1n) is 6.97. The number of hydrogen-bond acceptors (Lipinski definition) is 5. The summed E-state index contributed by atoms with van der Waals surface area (Å²) in [5, 5.41) is 7.15. The molecule has 0 radical (unpaired) electrons. The second-order valence-corrected chi connectivity index (χ2v) is 5.24. The minimum Gasteiger partial charge on any atom is -0.488 e. The van der Waals surface area contributed by atoms with Crippen LogP contribution in [0, 0.1) is 13.8 Å². The quantitative estimate of drug-likeness (QED) is 0.842. The number of rotatable bonds is 5. The molecular weight excluding hydrogens is 254 g/mol. The normalized spacial score (nSPS) is 17.0. The second kappa shape index (κ2) is 5.63. The van der Waals surface area contributed by atoms with Crippen LogP contribution >= 0.6 is 0 Å². The van der Waals surface area contributed by atoms with E-state index in [9.17, 15) is 0 Å². The Hall–Kier alpha value is -1.88. The van der Waals surface area contributed by atoms with Gasteiger partial charge in [-0.2, -0.15) is 4.98 Å². The molecule has 106 valence electrons. The van der Waals surface area contributed by atoms with Gasteiger partial charge in [0.15, 0.2) is 5.82 Å². The van der Waals surface area contributed by atoms with Crippen LogP contribution in [0.5, 0.6) is 5.75 Å². The summed E-state index contributed by atoms with van der Waals surface area (Å²) in [7, 11) is 0. The van der Waals surface area contributed by atoms with Gasteiger partial charge in [-0.25, -0.2) is 0 Å². The molecule has 1 atom stereocenters. The van der Waals surface area contributed by atoms with E-state index in [1.807, 2.05) is 6.92 Å². The van der Waals surface area contributed by atoms with Crippen LogP contribution in [-0.2, 0) is 12.8 Å². The highest BCUT2D eigenvalue weighted by atomic mass is 16.5. The van der Waals surface area contributed by atoms with Crippen LogP contribution in [0.1, 0.15) is 22.8 Å². The zero-order chi connectivity index (χ0) is 13.9. The summed E-state index contributed by atoms with van der Waals surface area (Å²) in [4.78, 5) is 4.17. The van der Waals surface area contributed by atoms with Crippen LogP contribution < -0.4 is 10.1 Å². The van der Waals surface area contributed by atoms with Gasteiger partial charge in [0.05, 0.1) is 0 Å². The van der Waals surface area contributed by atoms with Gasteiger partial charge in [0.25, 0.3) is 0 Å². The zero-order valence-electron chi connectivity index (χ0n) is 11.8. The fourth-order valence-electron chi connectivity index (χ4n) is 2.46. The predicted molar refractivity (Wildman–Crippen MR) is 74.9 cm³/mol. The van der Waals surface area contributed by atoms with Crippen molar-refractivity contribution in [1.29, 1.82) is 0 Å². The van der Waals surface area contributed by atoms with Crippen LogP contribution in [0.3, 0.4) is 0 Å². The van der Waals surface area contributed by atoms with Gasteiger partial charge in [-0.15, -0.1) is 0 Å². The first-order valence-corrected chi connectivity index (χ1v) is 6.97. The molecule has 1 aliphatic rings. The summed E-state index contributed by atoms with van der Waals surface area (Å²) in [6, 6.07) is 6.36. The molecular formula is C15H19N3O2. The average Bonchev–Trinajstić information content (AvgIpc) is 3.00. The fourth-order valence-corrected chi connectivity index (χ4v) is 2.46. The van der Waals surface area contributed by atoms with Crippen molar-refractivity contribution in [3.8, 4) is 5.75 Å². The maximum atomic E-state index is 5.90. The monoisotopic (exact) mass is 273 g/mol. The number of benzene rings is 1. The molecule has 0 fully saturated rings. The molecule has 20 heavy (non-hydrogen) atoms. The Labute approximate surface area is 118 Å². The third-order valence-corrected chi connectivity index (χ3v) is 3.41. The van der Waals surface area contributed by atoms with Gasteiger partial charge in [0.1, 0.15) is 11.9 Å². The summed E-state index contributed by atoms with van der Waals surface area (Å²) < 4.78 is 11.0. The lowest BCUT2D eigenvalue weighted by Crippen LogP contribution is -2.31. The first kappa shape index (κ1) is 13.1. The molecule has 0 saturated heterocycles. The second-order valence-electron chi connectivity index (χ2n) is 5.24. The Morgan fingerprint density at radius 3 is 3.05 bits per heavy atom. The molecule has 0 aliphatic carbocycles. The summed E-state index contributed by atoms with van der Waals surface area (Å²) >= 11 is 0. The summed E-state index contributed by atoms with van der Waals surface area (Å²) in [5.74, 6) is 2.39. The Balaban J connectivity index is 1.42. The lowest BCUT2D eigenvalue weighted by molar-refractivity contribution is 0.227. The molecule has 0 spiro atoms. The molecule has 2 heterocycles. The van der Waals surface area contributed by atoms with Crippen molar-refractivity contribution in [3.63, 3.8) is 0 Å². The maximum absolute atomic E-state index is 5.90. The lowest BCUT2D eigenvalue weighted by atomic mass is 10.1. The van der Waals surface area contributed by atoms with E-state index in [0.717, 1.165) is 31.7 Å². The van der Waals surface area contributed by atoms with E-state index in [1.54, 1.807) is 0 Å². The molecule has 1 aromatic heterocycles. The molecule has 5 heteroatoms. The molecule has 3 rings (SSSR count).